The van der Waals surface area contributed by atoms with Crippen LogP contribution in [0.2, 0.25) is 5.02 Å². The van der Waals surface area contributed by atoms with E-state index < -0.39 is 85.8 Å². The predicted molar refractivity (Wildman–Crippen MR) is 268 cm³/mol. The Hall–Kier alpha value is -5.05. The fourth-order valence-electron chi connectivity index (χ4n) is 6.59. The molecule has 1 aliphatic heterocycles. The van der Waals surface area contributed by atoms with Gasteiger partial charge in [0.2, 0.25) is 15.9 Å². The Labute approximate surface area is 443 Å². The zero-order valence-electron chi connectivity index (χ0n) is 40.4. The number of hydrogen-bond donors (Lipinski definition) is 5. The number of anilines is 1. The molecule has 3 aromatic carbocycles. The highest BCUT2D eigenvalue weighted by Crippen LogP contribution is 2.39. The monoisotopic (exact) mass is 1170 g/mol. The topological polar surface area (TPSA) is 295 Å². The summed E-state index contributed by atoms with van der Waals surface area (Å²) in [5.74, 6) is -2.60. The standard InChI is InChI=1S/C15H10ClF3N2O6S.C15H22ClNO2.C11H13Cl2NO3.C3H8NO5P/c1-28(25,26)20-14(22)10-7-9(3-4-12(10)21(23)24)27-13-5-2-8(6-11(13)16)15(17,18)19;1-5-13-8-6-7-11(2)15(13)17(14(18)9-16)12(3)10-19-4;1-11(2)14(10(15)9(12)13)6-8(17-11)7-4-3-5-16-7;5-3(6)1-4-2-10(7,8)9/h2-7H,1H3,(H,20,22);6-8,12H,5,9-10H2,1-4H3;3-5,8-9H,6H2,1-2H3;4H,1-2H2,(H,5,6)(H2,7,8,9). The molecular weight excluding hydrogens is 1120 g/mol. The summed E-state index contributed by atoms with van der Waals surface area (Å²) in [5, 5.41) is 20.7. The zero-order valence-corrected chi connectivity index (χ0v) is 45.1. The minimum Gasteiger partial charge on any atom is -0.480 e. The lowest BCUT2D eigenvalue weighted by molar-refractivity contribution is -0.385. The third kappa shape index (κ3) is 20.9. The van der Waals surface area contributed by atoms with Gasteiger partial charge in [-0.1, -0.05) is 59.9 Å². The van der Waals surface area contributed by atoms with Crippen LogP contribution in [0.3, 0.4) is 0 Å². The number of nitrogens with zero attached hydrogens (tertiary/aromatic N) is 3. The second kappa shape index (κ2) is 28.7. The summed E-state index contributed by atoms with van der Waals surface area (Å²) in [5.41, 5.74) is 0.128. The summed E-state index contributed by atoms with van der Waals surface area (Å²) >= 11 is 22.7. The van der Waals surface area contributed by atoms with Crippen molar-refractivity contribution in [1.82, 2.24) is 14.9 Å². The second-order valence-electron chi connectivity index (χ2n) is 16.0. The lowest BCUT2D eigenvalue weighted by Gasteiger charge is -2.31. The van der Waals surface area contributed by atoms with Crippen LogP contribution in [-0.4, -0.2) is 119 Å². The second-order valence-corrected chi connectivity index (χ2v) is 21.1. The molecule has 0 radical (unpaired) electrons. The number of alkyl halides is 6. The van der Waals surface area contributed by atoms with Gasteiger partial charge in [-0.3, -0.25) is 39.2 Å². The Morgan fingerprint density at radius 2 is 1.73 bits per heavy atom. The minimum absolute atomic E-state index is 0.0223. The number of furan rings is 1. The van der Waals surface area contributed by atoms with Gasteiger partial charge in [0, 0.05) is 19.2 Å². The first-order valence-corrected chi connectivity index (χ1v) is 26.7. The number of halogens is 7. The molecule has 0 bridgehead atoms. The maximum absolute atomic E-state index is 12.7. The molecule has 410 valence electrons. The number of para-hydroxylation sites is 1. The van der Waals surface area contributed by atoms with E-state index in [0.29, 0.717) is 37.3 Å². The number of amides is 3. The van der Waals surface area contributed by atoms with E-state index in [2.05, 4.69) is 18.3 Å². The maximum Gasteiger partial charge on any atom is 0.416 e. The number of nitrogens with one attached hydrogen (secondary N) is 2. The van der Waals surface area contributed by atoms with Crippen LogP contribution in [0.15, 0.2) is 77.4 Å². The lowest BCUT2D eigenvalue weighted by Crippen LogP contribution is -2.45. The molecular formula is C44H53Cl4F3N5O16PS. The molecule has 2 atom stereocenters. The SMILES string of the molecule is CC1(C)OC(c2ccco2)CN1C(=O)C(Cl)Cl.CCc1cccc(C)c1N(C(=O)CCl)C(C)COC.CS(=O)(=O)NC(=O)c1cc(Oc2ccc(C(F)(F)F)cc2Cl)ccc1[N+](=O)[O-].O=C(O)CNCP(=O)(O)O. The van der Waals surface area contributed by atoms with E-state index in [-0.39, 0.29) is 41.3 Å². The molecule has 1 aromatic heterocycles. The number of carboxylic acids is 1. The highest BCUT2D eigenvalue weighted by atomic mass is 35.5. The Balaban J connectivity index is 0.000000358. The highest BCUT2D eigenvalue weighted by molar-refractivity contribution is 7.89. The van der Waals surface area contributed by atoms with E-state index >= 15 is 0 Å². The van der Waals surface area contributed by atoms with Gasteiger partial charge in [-0.25, -0.2) is 13.1 Å². The van der Waals surface area contributed by atoms with E-state index in [9.17, 15) is 55.4 Å². The molecule has 0 spiro atoms. The molecule has 2 unspecified atom stereocenters. The van der Waals surface area contributed by atoms with Crippen molar-refractivity contribution in [2.45, 2.75) is 69.9 Å². The molecule has 1 fully saturated rings. The third-order valence-electron chi connectivity index (χ3n) is 9.69. The number of carbonyl (C=O) groups is 4. The van der Waals surface area contributed by atoms with Crippen molar-refractivity contribution in [2.24, 2.45) is 0 Å². The van der Waals surface area contributed by atoms with Crippen molar-refractivity contribution in [2.75, 3.05) is 50.1 Å². The predicted octanol–water partition coefficient (Wildman–Crippen LogP) is 8.43. The zero-order chi connectivity index (χ0) is 56.5. The summed E-state index contributed by atoms with van der Waals surface area (Å²) in [6, 6.07) is 14.7. The van der Waals surface area contributed by atoms with Crippen molar-refractivity contribution in [3.8, 4) is 11.5 Å². The van der Waals surface area contributed by atoms with Crippen molar-refractivity contribution in [3.05, 3.63) is 116 Å². The number of aryl methyl sites for hydroxylation is 2. The Morgan fingerprint density at radius 1 is 1.08 bits per heavy atom. The smallest absolute Gasteiger partial charge is 0.416 e. The average molecular weight is 1170 g/mol. The van der Waals surface area contributed by atoms with Crippen LogP contribution in [0.4, 0.5) is 24.5 Å². The Morgan fingerprint density at radius 3 is 2.22 bits per heavy atom. The summed E-state index contributed by atoms with van der Waals surface area (Å²) in [6.07, 6.45) is -2.37. The van der Waals surface area contributed by atoms with Crippen LogP contribution in [0, 0.1) is 17.0 Å². The normalized spacial score (nSPS) is 14.5. The average Bonchev–Trinajstić information content (AvgIpc) is 3.94. The fourth-order valence-corrected chi connectivity index (χ4v) is 8.02. The first kappa shape index (κ1) is 65.1. The number of nitro benzene ring substituents is 1. The molecule has 4 aromatic rings. The van der Waals surface area contributed by atoms with Gasteiger partial charge in [0.15, 0.2) is 4.84 Å². The van der Waals surface area contributed by atoms with E-state index in [1.54, 1.807) is 42.9 Å². The van der Waals surface area contributed by atoms with Crippen LogP contribution < -0.4 is 19.7 Å². The number of carboxylic acid groups (broad SMARTS) is 1. The quantitative estimate of drug-likeness (QED) is 0.0287. The number of hydrogen-bond acceptors (Lipinski definition) is 14. The van der Waals surface area contributed by atoms with Gasteiger partial charge < -0.3 is 43.3 Å². The largest absolute Gasteiger partial charge is 0.480 e. The molecule has 5 rings (SSSR count). The number of methoxy groups -OCH3 is 1. The van der Waals surface area contributed by atoms with Gasteiger partial charge in [-0.2, -0.15) is 13.2 Å². The molecule has 0 aliphatic carbocycles. The fraction of sp³-hybridized carbons (Fsp3) is 0.409. The lowest BCUT2D eigenvalue weighted by atomic mass is 10.0. The highest BCUT2D eigenvalue weighted by Gasteiger charge is 2.45. The van der Waals surface area contributed by atoms with Gasteiger partial charge in [0.25, 0.3) is 17.5 Å². The van der Waals surface area contributed by atoms with E-state index in [0.717, 1.165) is 47.5 Å². The van der Waals surface area contributed by atoms with Crippen molar-refractivity contribution >= 4 is 99.1 Å². The van der Waals surface area contributed by atoms with Gasteiger partial charge in [-0.15, -0.1) is 11.6 Å². The van der Waals surface area contributed by atoms with Crippen LogP contribution >= 0.6 is 54.0 Å². The molecule has 21 nitrogen and oxygen atoms in total. The van der Waals surface area contributed by atoms with Crippen LogP contribution in [0.5, 0.6) is 11.5 Å². The van der Waals surface area contributed by atoms with Gasteiger partial charge in [0.1, 0.15) is 40.5 Å². The molecule has 30 heteroatoms. The third-order valence-corrected chi connectivity index (χ3v) is 11.8. The molecule has 5 N–H and O–H groups in total. The van der Waals surface area contributed by atoms with Crippen molar-refractivity contribution < 1.29 is 83.8 Å². The Bertz CT molecular complexity index is 2740. The molecule has 2 heterocycles. The summed E-state index contributed by atoms with van der Waals surface area (Å²) in [6.45, 7) is 10.1. The number of nitro groups is 1. The van der Waals surface area contributed by atoms with E-state index in [1.165, 1.54) is 4.90 Å². The van der Waals surface area contributed by atoms with Crippen molar-refractivity contribution in [3.63, 3.8) is 0 Å². The minimum atomic E-state index is -4.62. The van der Waals surface area contributed by atoms with Gasteiger partial charge in [-0.05, 0) is 81.6 Å². The number of ether oxygens (including phenoxy) is 3. The van der Waals surface area contributed by atoms with E-state index in [1.807, 2.05) is 32.0 Å². The number of aliphatic carboxylic acids is 1. The van der Waals surface area contributed by atoms with Crippen LogP contribution in [0.25, 0.3) is 0 Å². The molecule has 0 saturated carbocycles. The molecule has 3 amide bonds. The summed E-state index contributed by atoms with van der Waals surface area (Å²) < 4.78 is 93.5. The summed E-state index contributed by atoms with van der Waals surface area (Å²) in [4.78, 5) is 74.5. The molecule has 1 saturated heterocycles. The first-order valence-electron chi connectivity index (χ1n) is 21.3. The van der Waals surface area contributed by atoms with Gasteiger partial charge in [0.05, 0.1) is 65.7 Å². The van der Waals surface area contributed by atoms with E-state index in [4.69, 9.17) is 79.9 Å². The molecule has 1 aliphatic rings. The number of rotatable bonds is 17. The number of carbonyl (C=O) groups excluding carboxylic acids is 3. The maximum atomic E-state index is 12.7. The molecule has 74 heavy (non-hydrogen) atoms. The van der Waals surface area contributed by atoms with Gasteiger partial charge >= 0.3 is 19.7 Å². The number of benzene rings is 3. The number of sulfonamides is 1. The van der Waals surface area contributed by atoms with Crippen molar-refractivity contribution in [1.29, 1.82) is 0 Å². The first-order chi connectivity index (χ1) is 34.2. The summed E-state index contributed by atoms with van der Waals surface area (Å²) in [7, 11) is -6.46. The van der Waals surface area contributed by atoms with Crippen LogP contribution in [0.1, 0.15) is 66.6 Å². The Kier molecular flexibility index (Phi) is 25.3. The van der Waals surface area contributed by atoms with Crippen LogP contribution in [-0.2, 0) is 51.0 Å².